The summed E-state index contributed by atoms with van der Waals surface area (Å²) in [5.41, 5.74) is 7.05. The van der Waals surface area contributed by atoms with Gasteiger partial charge in [-0.2, -0.15) is 0 Å². The lowest BCUT2D eigenvalue weighted by Gasteiger charge is -2.10. The molecule has 5 heteroatoms. The molecule has 1 aromatic carbocycles. The summed E-state index contributed by atoms with van der Waals surface area (Å²) >= 11 is 1.56. The van der Waals surface area contributed by atoms with Crippen LogP contribution >= 0.6 is 11.3 Å². The van der Waals surface area contributed by atoms with Crippen LogP contribution in [-0.4, -0.2) is 12.1 Å². The van der Waals surface area contributed by atoms with Gasteiger partial charge in [0.2, 0.25) is 0 Å². The third kappa shape index (κ3) is 2.07. The zero-order valence-electron chi connectivity index (χ0n) is 11.0. The highest BCUT2D eigenvalue weighted by Gasteiger charge is 2.13. The number of ether oxygens (including phenoxy) is 1. The average Bonchev–Trinajstić information content (AvgIpc) is 2.73. The summed E-state index contributed by atoms with van der Waals surface area (Å²) in [6.07, 6.45) is 0. The Morgan fingerprint density at radius 3 is 2.50 bits per heavy atom. The molecule has 0 atom stereocenters. The van der Waals surface area contributed by atoms with Gasteiger partial charge >= 0.3 is 0 Å². The second-order valence-corrected chi connectivity index (χ2v) is 5.14. The fraction of sp³-hybridized carbons (Fsp3) is 0.308. The summed E-state index contributed by atoms with van der Waals surface area (Å²) < 4.78 is 5.32. The molecule has 0 saturated carbocycles. The van der Waals surface area contributed by atoms with Gasteiger partial charge < -0.3 is 10.2 Å². The molecule has 0 amide bonds. The largest absolute Gasteiger partial charge is 0.496 e. The second kappa shape index (κ2) is 4.96. The van der Waals surface area contributed by atoms with Crippen LogP contribution in [0.3, 0.4) is 0 Å². The van der Waals surface area contributed by atoms with Crippen molar-refractivity contribution >= 4 is 16.3 Å². The van der Waals surface area contributed by atoms with Gasteiger partial charge in [0.1, 0.15) is 15.8 Å². The Kier molecular flexibility index (Phi) is 3.54. The second-order valence-electron chi connectivity index (χ2n) is 4.14. The predicted octanol–water partition coefficient (Wildman–Crippen LogP) is 3.03. The fourth-order valence-corrected chi connectivity index (χ4v) is 2.85. The normalized spacial score (nSPS) is 10.5. The number of hydrogen-bond acceptors (Lipinski definition) is 5. The van der Waals surface area contributed by atoms with E-state index in [2.05, 4.69) is 24.3 Å². The Morgan fingerprint density at radius 1 is 1.22 bits per heavy atom. The van der Waals surface area contributed by atoms with E-state index in [4.69, 9.17) is 10.6 Å². The average molecular weight is 263 g/mol. The lowest BCUT2D eigenvalue weighted by Crippen LogP contribution is -2.05. The van der Waals surface area contributed by atoms with Gasteiger partial charge in [-0.15, -0.1) is 0 Å². The molecule has 0 bridgehead atoms. The quantitative estimate of drug-likeness (QED) is 0.660. The number of thiazole rings is 1. The number of benzene rings is 1. The monoisotopic (exact) mass is 263 g/mol. The van der Waals surface area contributed by atoms with Crippen LogP contribution in [0.2, 0.25) is 0 Å². The number of aryl methyl sites for hydroxylation is 1. The van der Waals surface area contributed by atoms with E-state index in [1.807, 2.05) is 19.1 Å². The summed E-state index contributed by atoms with van der Waals surface area (Å²) in [4.78, 5) is 4.54. The number of nitrogen functional groups attached to an aromatic ring is 1. The molecule has 0 aliphatic heterocycles. The van der Waals surface area contributed by atoms with Gasteiger partial charge in [0.05, 0.1) is 12.8 Å². The van der Waals surface area contributed by atoms with Crippen molar-refractivity contribution < 1.29 is 4.74 Å². The van der Waals surface area contributed by atoms with Crippen LogP contribution in [-0.2, 0) is 0 Å². The van der Waals surface area contributed by atoms with Crippen molar-refractivity contribution in [3.63, 3.8) is 0 Å². The van der Waals surface area contributed by atoms with Gasteiger partial charge in [0.15, 0.2) is 0 Å². The SMILES string of the molecule is COc1ccc(-c2nc(C)c(NN)s2)c(C)c1C. The molecule has 2 rings (SSSR count). The third-order valence-corrected chi connectivity index (χ3v) is 4.24. The van der Waals surface area contributed by atoms with E-state index in [0.717, 1.165) is 32.6 Å². The fourth-order valence-electron chi connectivity index (χ4n) is 1.89. The van der Waals surface area contributed by atoms with Crippen molar-refractivity contribution in [2.75, 3.05) is 12.5 Å². The maximum absolute atomic E-state index is 5.46. The maximum atomic E-state index is 5.46. The van der Waals surface area contributed by atoms with Crippen LogP contribution < -0.4 is 16.0 Å². The van der Waals surface area contributed by atoms with Crippen LogP contribution in [0.4, 0.5) is 5.00 Å². The minimum Gasteiger partial charge on any atom is -0.496 e. The summed E-state index contributed by atoms with van der Waals surface area (Å²) in [7, 11) is 1.69. The van der Waals surface area contributed by atoms with Crippen molar-refractivity contribution in [3.05, 3.63) is 29.0 Å². The Labute approximate surface area is 111 Å². The van der Waals surface area contributed by atoms with Crippen molar-refractivity contribution in [2.24, 2.45) is 5.84 Å². The van der Waals surface area contributed by atoms with Crippen molar-refractivity contribution in [2.45, 2.75) is 20.8 Å². The minimum absolute atomic E-state index is 0.901. The first-order valence-corrected chi connectivity index (χ1v) is 6.48. The molecule has 3 N–H and O–H groups in total. The van der Waals surface area contributed by atoms with Crippen LogP contribution in [0.15, 0.2) is 12.1 Å². The van der Waals surface area contributed by atoms with Crippen LogP contribution in [0.5, 0.6) is 5.75 Å². The van der Waals surface area contributed by atoms with Gasteiger partial charge in [0.25, 0.3) is 0 Å². The molecular weight excluding hydrogens is 246 g/mol. The van der Waals surface area contributed by atoms with Gasteiger partial charge in [0, 0.05) is 5.56 Å². The highest BCUT2D eigenvalue weighted by atomic mass is 32.1. The predicted molar refractivity (Wildman–Crippen MR) is 76.1 cm³/mol. The number of nitrogens with one attached hydrogen (secondary N) is 1. The summed E-state index contributed by atoms with van der Waals surface area (Å²) in [6, 6.07) is 4.02. The Hall–Kier alpha value is -1.59. The number of hydrazine groups is 1. The maximum Gasteiger partial charge on any atom is 0.126 e. The zero-order valence-corrected chi connectivity index (χ0v) is 11.8. The van der Waals surface area contributed by atoms with Gasteiger partial charge in [-0.05, 0) is 44.0 Å². The number of nitrogens with zero attached hydrogens (tertiary/aromatic N) is 1. The zero-order chi connectivity index (χ0) is 13.3. The van der Waals surface area contributed by atoms with E-state index in [9.17, 15) is 0 Å². The summed E-state index contributed by atoms with van der Waals surface area (Å²) in [5, 5.41) is 1.88. The number of hydrogen-bond donors (Lipinski definition) is 2. The highest BCUT2D eigenvalue weighted by Crippen LogP contribution is 2.36. The van der Waals surface area contributed by atoms with E-state index in [1.54, 1.807) is 18.4 Å². The molecular formula is C13H17N3OS. The smallest absolute Gasteiger partial charge is 0.126 e. The van der Waals surface area contributed by atoms with Gasteiger partial charge in [-0.3, -0.25) is 0 Å². The number of aromatic nitrogens is 1. The van der Waals surface area contributed by atoms with Crippen LogP contribution in [0.25, 0.3) is 10.6 Å². The number of nitrogens with two attached hydrogens (primary N) is 1. The first-order chi connectivity index (χ1) is 8.58. The molecule has 0 unspecified atom stereocenters. The number of methoxy groups -OCH3 is 1. The molecule has 96 valence electrons. The lowest BCUT2D eigenvalue weighted by atomic mass is 10.0. The van der Waals surface area contributed by atoms with Crippen LogP contribution in [0, 0.1) is 20.8 Å². The minimum atomic E-state index is 0.901. The van der Waals surface area contributed by atoms with Crippen molar-refractivity contribution in [1.29, 1.82) is 0 Å². The van der Waals surface area contributed by atoms with Crippen LogP contribution in [0.1, 0.15) is 16.8 Å². The van der Waals surface area contributed by atoms with E-state index >= 15 is 0 Å². The van der Waals surface area contributed by atoms with Gasteiger partial charge in [-0.1, -0.05) is 11.3 Å². The Morgan fingerprint density at radius 2 is 1.94 bits per heavy atom. The van der Waals surface area contributed by atoms with Crippen molar-refractivity contribution in [3.8, 4) is 16.3 Å². The molecule has 1 aromatic heterocycles. The molecule has 0 radical (unpaired) electrons. The highest BCUT2D eigenvalue weighted by molar-refractivity contribution is 7.19. The molecule has 2 aromatic rings. The number of rotatable bonds is 3. The molecule has 0 aliphatic carbocycles. The molecule has 1 heterocycles. The van der Waals surface area contributed by atoms with E-state index in [0.29, 0.717) is 0 Å². The molecule has 0 spiro atoms. The summed E-state index contributed by atoms with van der Waals surface area (Å²) in [6.45, 7) is 6.08. The number of anilines is 1. The van der Waals surface area contributed by atoms with E-state index in [1.165, 1.54) is 5.56 Å². The van der Waals surface area contributed by atoms with E-state index in [-0.39, 0.29) is 0 Å². The molecule has 4 nitrogen and oxygen atoms in total. The van der Waals surface area contributed by atoms with Gasteiger partial charge in [-0.25, -0.2) is 10.8 Å². The summed E-state index contributed by atoms with van der Waals surface area (Å²) in [5.74, 6) is 6.36. The lowest BCUT2D eigenvalue weighted by molar-refractivity contribution is 0.411. The molecule has 0 fully saturated rings. The molecule has 0 aliphatic rings. The Balaban J connectivity index is 2.54. The molecule has 18 heavy (non-hydrogen) atoms. The molecule has 0 saturated heterocycles. The standard InChI is InChI=1S/C13H17N3OS/c1-7-8(2)11(17-4)6-5-10(7)13-15-9(3)12(16-14)18-13/h5-6,16H,14H2,1-4H3. The third-order valence-electron chi connectivity index (χ3n) is 3.12. The van der Waals surface area contributed by atoms with E-state index < -0.39 is 0 Å². The first kappa shape index (κ1) is 12.9. The van der Waals surface area contributed by atoms with Crippen molar-refractivity contribution in [1.82, 2.24) is 4.98 Å². The topological polar surface area (TPSA) is 60.2 Å². The first-order valence-electron chi connectivity index (χ1n) is 5.67. The Bertz CT molecular complexity index is 578.